The maximum atomic E-state index is 14.2. The van der Waals surface area contributed by atoms with E-state index >= 15 is 0 Å². The zero-order valence-corrected chi connectivity index (χ0v) is 17.5. The molecule has 3 heterocycles. The molecule has 5 aromatic rings. The van der Waals surface area contributed by atoms with Gasteiger partial charge in [0.2, 0.25) is 0 Å². The van der Waals surface area contributed by atoms with Gasteiger partial charge in [0, 0.05) is 18.2 Å². The van der Waals surface area contributed by atoms with Gasteiger partial charge in [0.25, 0.3) is 0 Å². The van der Waals surface area contributed by atoms with E-state index in [9.17, 15) is 4.39 Å². The van der Waals surface area contributed by atoms with Crippen molar-refractivity contribution in [3.8, 4) is 22.9 Å². The van der Waals surface area contributed by atoms with Gasteiger partial charge in [-0.3, -0.25) is 4.68 Å². The lowest BCUT2D eigenvalue weighted by molar-refractivity contribution is 0.421. The fourth-order valence-corrected chi connectivity index (χ4v) is 3.43. The molecule has 0 aliphatic rings. The third-order valence-corrected chi connectivity index (χ3v) is 5.13. The highest BCUT2D eigenvalue weighted by atomic mass is 19.1. The number of halogens is 1. The van der Waals surface area contributed by atoms with E-state index in [0.29, 0.717) is 46.5 Å². The first-order valence-electron chi connectivity index (χ1n) is 10.3. The maximum absolute atomic E-state index is 14.2. The Morgan fingerprint density at radius 3 is 2.58 bits per heavy atom. The highest BCUT2D eigenvalue weighted by molar-refractivity contribution is 5.67. The molecule has 0 radical (unpaired) electrons. The van der Waals surface area contributed by atoms with Crippen molar-refractivity contribution in [1.29, 1.82) is 0 Å². The van der Waals surface area contributed by atoms with E-state index in [1.165, 1.54) is 12.3 Å². The van der Waals surface area contributed by atoms with Gasteiger partial charge in [-0.05, 0) is 17.7 Å². The molecule has 33 heavy (non-hydrogen) atoms. The largest absolute Gasteiger partial charge is 0.382 e. The smallest absolute Gasteiger partial charge is 0.182 e. The number of hydrogen-bond donors (Lipinski definition) is 2. The maximum Gasteiger partial charge on any atom is 0.182 e. The van der Waals surface area contributed by atoms with Crippen LogP contribution in [0.2, 0.25) is 0 Å². The molecule has 2 aromatic carbocycles. The molecule has 3 N–H and O–H groups in total. The molecule has 5 rings (SSSR count). The summed E-state index contributed by atoms with van der Waals surface area (Å²) in [5.74, 6) is 0.354. The van der Waals surface area contributed by atoms with Gasteiger partial charge in [0.1, 0.15) is 23.5 Å². The van der Waals surface area contributed by atoms with Crippen molar-refractivity contribution >= 4 is 11.5 Å². The predicted octanol–water partition coefficient (Wildman–Crippen LogP) is 4.38. The second kappa shape index (κ2) is 8.91. The highest BCUT2D eigenvalue weighted by Gasteiger charge is 2.17. The van der Waals surface area contributed by atoms with Gasteiger partial charge >= 0.3 is 0 Å². The minimum atomic E-state index is -0.310. The minimum Gasteiger partial charge on any atom is -0.382 e. The SMILES string of the molecule is Nc1nc(-c2cc(-c3ccon3)n(Cc3ccccc3F)n2)ncc1NCc1ccccc1. The molecule has 0 saturated carbocycles. The predicted molar refractivity (Wildman–Crippen MR) is 122 cm³/mol. The standard InChI is InChI=1S/C24H20FN7O/c25-18-9-5-4-8-17(18)15-32-22(19-10-11-33-31-19)12-20(30-32)24-28-14-21(23(26)29-24)27-13-16-6-2-1-3-7-16/h1-12,14,27H,13,15H2,(H2,26,28,29). The Kier molecular flexibility index (Phi) is 5.50. The Morgan fingerprint density at radius 1 is 1.00 bits per heavy atom. The lowest BCUT2D eigenvalue weighted by Gasteiger charge is -2.09. The topological polar surface area (TPSA) is 108 Å². The van der Waals surface area contributed by atoms with Crippen molar-refractivity contribution < 1.29 is 8.91 Å². The number of rotatable bonds is 7. The summed E-state index contributed by atoms with van der Waals surface area (Å²) in [7, 11) is 0. The summed E-state index contributed by atoms with van der Waals surface area (Å²) >= 11 is 0. The van der Waals surface area contributed by atoms with Crippen molar-refractivity contribution in [2.75, 3.05) is 11.1 Å². The van der Waals surface area contributed by atoms with Crippen molar-refractivity contribution in [3.63, 3.8) is 0 Å². The minimum absolute atomic E-state index is 0.209. The molecule has 0 fully saturated rings. The number of aromatic nitrogens is 5. The van der Waals surface area contributed by atoms with Crippen LogP contribution in [0, 0.1) is 5.82 Å². The molecule has 164 valence electrons. The van der Waals surface area contributed by atoms with Crippen molar-refractivity contribution in [2.45, 2.75) is 13.1 Å². The summed E-state index contributed by atoms with van der Waals surface area (Å²) in [5, 5.41) is 11.8. The molecular weight excluding hydrogens is 421 g/mol. The normalized spacial score (nSPS) is 10.9. The van der Waals surface area contributed by atoms with Crippen LogP contribution in [-0.4, -0.2) is 24.9 Å². The van der Waals surface area contributed by atoms with Crippen LogP contribution < -0.4 is 11.1 Å². The molecule has 0 saturated heterocycles. The van der Waals surface area contributed by atoms with Crippen LogP contribution in [0.5, 0.6) is 0 Å². The van der Waals surface area contributed by atoms with E-state index in [1.807, 2.05) is 30.3 Å². The fraction of sp³-hybridized carbons (Fsp3) is 0.0833. The summed E-state index contributed by atoms with van der Waals surface area (Å²) in [4.78, 5) is 8.86. The quantitative estimate of drug-likeness (QED) is 0.386. The fourth-order valence-electron chi connectivity index (χ4n) is 3.43. The number of nitrogens with zero attached hydrogens (tertiary/aromatic N) is 5. The van der Waals surface area contributed by atoms with Gasteiger partial charge < -0.3 is 15.6 Å². The van der Waals surface area contributed by atoms with Crippen LogP contribution in [0.15, 0.2) is 83.7 Å². The van der Waals surface area contributed by atoms with Gasteiger partial charge in [0.15, 0.2) is 11.6 Å². The zero-order chi connectivity index (χ0) is 22.6. The van der Waals surface area contributed by atoms with E-state index in [4.69, 9.17) is 10.3 Å². The number of nitrogens with two attached hydrogens (primary N) is 1. The third-order valence-electron chi connectivity index (χ3n) is 5.13. The number of nitrogen functional groups attached to an aromatic ring is 1. The first-order chi connectivity index (χ1) is 16.2. The van der Waals surface area contributed by atoms with E-state index < -0.39 is 0 Å². The number of anilines is 2. The molecule has 3 aromatic heterocycles. The second-order valence-electron chi connectivity index (χ2n) is 7.38. The Balaban J connectivity index is 1.44. The van der Waals surface area contributed by atoms with Crippen molar-refractivity contribution in [1.82, 2.24) is 24.9 Å². The number of benzene rings is 2. The Hall–Kier alpha value is -4.53. The third kappa shape index (κ3) is 4.42. The highest BCUT2D eigenvalue weighted by Crippen LogP contribution is 2.26. The van der Waals surface area contributed by atoms with Gasteiger partial charge in [0.05, 0.1) is 24.1 Å². The monoisotopic (exact) mass is 441 g/mol. The summed E-state index contributed by atoms with van der Waals surface area (Å²) < 4.78 is 20.9. The van der Waals surface area contributed by atoms with E-state index in [0.717, 1.165) is 5.56 Å². The molecule has 0 atom stereocenters. The van der Waals surface area contributed by atoms with E-state index in [1.54, 1.807) is 41.2 Å². The first-order valence-corrected chi connectivity index (χ1v) is 10.3. The average molecular weight is 441 g/mol. The molecule has 0 spiro atoms. The average Bonchev–Trinajstić information content (AvgIpc) is 3.51. The second-order valence-corrected chi connectivity index (χ2v) is 7.38. The van der Waals surface area contributed by atoms with Crippen LogP contribution in [0.3, 0.4) is 0 Å². The van der Waals surface area contributed by atoms with Crippen LogP contribution in [0.1, 0.15) is 11.1 Å². The van der Waals surface area contributed by atoms with Gasteiger partial charge in [-0.1, -0.05) is 53.7 Å². The molecule has 0 bridgehead atoms. The van der Waals surface area contributed by atoms with E-state index in [2.05, 4.69) is 25.5 Å². The van der Waals surface area contributed by atoms with Gasteiger partial charge in [-0.15, -0.1) is 0 Å². The molecule has 8 nitrogen and oxygen atoms in total. The molecule has 0 amide bonds. The van der Waals surface area contributed by atoms with E-state index in [-0.39, 0.29) is 12.4 Å². The van der Waals surface area contributed by atoms with Crippen LogP contribution in [-0.2, 0) is 13.1 Å². The van der Waals surface area contributed by atoms with Crippen molar-refractivity contribution in [3.05, 3.63) is 96.1 Å². The van der Waals surface area contributed by atoms with Crippen LogP contribution in [0.25, 0.3) is 22.9 Å². The summed E-state index contributed by atoms with van der Waals surface area (Å²) in [5.41, 5.74) is 10.1. The molecular formula is C24H20FN7O. The summed E-state index contributed by atoms with van der Waals surface area (Å²) in [6, 6.07) is 20.0. The van der Waals surface area contributed by atoms with Crippen LogP contribution in [0.4, 0.5) is 15.9 Å². The lowest BCUT2D eigenvalue weighted by Crippen LogP contribution is -2.07. The summed E-state index contributed by atoms with van der Waals surface area (Å²) in [6.45, 7) is 0.808. The Bertz CT molecular complexity index is 1370. The molecule has 0 aliphatic heterocycles. The zero-order valence-electron chi connectivity index (χ0n) is 17.5. The Morgan fingerprint density at radius 2 is 1.82 bits per heavy atom. The van der Waals surface area contributed by atoms with Crippen molar-refractivity contribution in [2.24, 2.45) is 0 Å². The van der Waals surface area contributed by atoms with Gasteiger partial charge in [-0.2, -0.15) is 5.10 Å². The van der Waals surface area contributed by atoms with Crippen LogP contribution >= 0.6 is 0 Å². The molecule has 0 unspecified atom stereocenters. The number of hydrogen-bond acceptors (Lipinski definition) is 7. The van der Waals surface area contributed by atoms with Gasteiger partial charge in [-0.25, -0.2) is 14.4 Å². The lowest BCUT2D eigenvalue weighted by atomic mass is 10.2. The summed E-state index contributed by atoms with van der Waals surface area (Å²) in [6.07, 6.45) is 3.10. The first kappa shape index (κ1) is 20.4. The molecule has 9 heteroatoms. The molecule has 0 aliphatic carbocycles. The Labute approximate surface area is 188 Å². The number of nitrogens with one attached hydrogen (secondary N) is 1.